The van der Waals surface area contributed by atoms with Gasteiger partial charge in [0.15, 0.2) is 0 Å². The highest BCUT2D eigenvalue weighted by Gasteiger charge is 2.28. The molecule has 2 heterocycles. The minimum atomic E-state index is -0.283. The van der Waals surface area contributed by atoms with E-state index in [2.05, 4.69) is 10.6 Å². The number of furan rings is 1. The van der Waals surface area contributed by atoms with Gasteiger partial charge < -0.3 is 20.0 Å². The van der Waals surface area contributed by atoms with Crippen LogP contribution in [0.25, 0.3) is 0 Å². The van der Waals surface area contributed by atoms with Crippen LogP contribution in [0.1, 0.15) is 30.9 Å². The molecule has 0 radical (unpaired) electrons. The number of amides is 3. The fourth-order valence-electron chi connectivity index (χ4n) is 2.14. The molecule has 6 heteroatoms. The molecule has 1 aliphatic rings. The Hall–Kier alpha value is -1.98. The fraction of sp³-hybridized carbons (Fsp3) is 0.538. The maximum atomic E-state index is 11.8. The Morgan fingerprint density at radius 2 is 2.26 bits per heavy atom. The Morgan fingerprint density at radius 1 is 1.53 bits per heavy atom. The van der Waals surface area contributed by atoms with Crippen molar-refractivity contribution in [1.29, 1.82) is 0 Å². The molecule has 2 unspecified atom stereocenters. The first-order valence-electron chi connectivity index (χ1n) is 6.33. The lowest BCUT2D eigenvalue weighted by molar-refractivity contribution is -0.126. The van der Waals surface area contributed by atoms with Crippen molar-refractivity contribution in [2.24, 2.45) is 0 Å². The maximum absolute atomic E-state index is 11.8. The van der Waals surface area contributed by atoms with Gasteiger partial charge in [-0.2, -0.15) is 0 Å². The lowest BCUT2D eigenvalue weighted by atomic mass is 10.2. The molecule has 0 aromatic carbocycles. The van der Waals surface area contributed by atoms with Gasteiger partial charge in [-0.15, -0.1) is 0 Å². The number of hydrogen-bond donors (Lipinski definition) is 2. The molecular formula is C13H19N3O3. The number of rotatable bonds is 3. The summed E-state index contributed by atoms with van der Waals surface area (Å²) < 4.78 is 5.45. The fourth-order valence-corrected chi connectivity index (χ4v) is 2.14. The second kappa shape index (κ2) is 5.34. The number of hydrogen-bond acceptors (Lipinski definition) is 3. The summed E-state index contributed by atoms with van der Waals surface area (Å²) in [6.45, 7) is 4.26. The predicted octanol–water partition coefficient (Wildman–Crippen LogP) is 1.18. The van der Waals surface area contributed by atoms with Crippen molar-refractivity contribution in [3.63, 3.8) is 0 Å². The van der Waals surface area contributed by atoms with E-state index in [4.69, 9.17) is 4.42 Å². The van der Waals surface area contributed by atoms with Crippen molar-refractivity contribution in [1.82, 2.24) is 15.5 Å². The van der Waals surface area contributed by atoms with E-state index in [0.717, 1.165) is 5.76 Å². The van der Waals surface area contributed by atoms with Crippen molar-refractivity contribution >= 4 is 11.9 Å². The van der Waals surface area contributed by atoms with Crippen LogP contribution in [0.4, 0.5) is 4.79 Å². The zero-order valence-electron chi connectivity index (χ0n) is 11.4. The number of urea groups is 1. The molecule has 19 heavy (non-hydrogen) atoms. The van der Waals surface area contributed by atoms with Crippen LogP contribution in [0.2, 0.25) is 0 Å². The lowest BCUT2D eigenvalue weighted by Gasteiger charge is -2.16. The van der Waals surface area contributed by atoms with E-state index < -0.39 is 0 Å². The second-order valence-electron chi connectivity index (χ2n) is 4.96. The number of carbonyl (C=O) groups is 2. The van der Waals surface area contributed by atoms with Crippen molar-refractivity contribution in [3.05, 3.63) is 23.7 Å². The van der Waals surface area contributed by atoms with Crippen LogP contribution in [0.5, 0.6) is 0 Å². The molecule has 1 saturated heterocycles. The summed E-state index contributed by atoms with van der Waals surface area (Å²) in [5, 5.41) is 5.59. The number of likely N-dealkylation sites (N-methyl/N-ethyl adjacent to an activating group) is 1. The minimum absolute atomic E-state index is 0.0556. The molecule has 2 N–H and O–H groups in total. The normalized spacial score (nSPS) is 20.5. The van der Waals surface area contributed by atoms with Crippen LogP contribution in [0.15, 0.2) is 16.5 Å². The van der Waals surface area contributed by atoms with Crippen LogP contribution in [0.3, 0.4) is 0 Å². The smallest absolute Gasteiger partial charge is 0.315 e. The van der Waals surface area contributed by atoms with Crippen molar-refractivity contribution in [2.45, 2.75) is 32.4 Å². The first-order chi connectivity index (χ1) is 8.95. The summed E-state index contributed by atoms with van der Waals surface area (Å²) in [7, 11) is 1.73. The monoisotopic (exact) mass is 265 g/mol. The molecule has 0 spiro atoms. The van der Waals surface area contributed by atoms with Gasteiger partial charge in [0.25, 0.3) is 0 Å². The maximum Gasteiger partial charge on any atom is 0.315 e. The molecular weight excluding hydrogens is 246 g/mol. The Kier molecular flexibility index (Phi) is 3.78. The number of aryl methyl sites for hydroxylation is 1. The van der Waals surface area contributed by atoms with Crippen molar-refractivity contribution < 1.29 is 14.0 Å². The Morgan fingerprint density at radius 3 is 2.79 bits per heavy atom. The van der Waals surface area contributed by atoms with Gasteiger partial charge in [0.2, 0.25) is 5.91 Å². The van der Waals surface area contributed by atoms with E-state index in [1.807, 2.05) is 26.0 Å². The molecule has 1 fully saturated rings. The van der Waals surface area contributed by atoms with Gasteiger partial charge in [-0.3, -0.25) is 4.79 Å². The molecule has 0 aliphatic carbocycles. The van der Waals surface area contributed by atoms with E-state index >= 15 is 0 Å². The minimum Gasteiger partial charge on any atom is -0.464 e. The number of nitrogens with one attached hydrogen (secondary N) is 2. The summed E-state index contributed by atoms with van der Waals surface area (Å²) in [4.78, 5) is 24.8. The van der Waals surface area contributed by atoms with Crippen LogP contribution in [-0.4, -0.2) is 36.5 Å². The predicted molar refractivity (Wildman–Crippen MR) is 69.6 cm³/mol. The van der Waals surface area contributed by atoms with E-state index in [-0.39, 0.29) is 24.0 Å². The van der Waals surface area contributed by atoms with E-state index in [1.54, 1.807) is 11.9 Å². The van der Waals surface area contributed by atoms with Crippen LogP contribution < -0.4 is 10.6 Å². The number of likely N-dealkylation sites (tertiary alicyclic amines) is 1. The summed E-state index contributed by atoms with van der Waals surface area (Å²) >= 11 is 0. The van der Waals surface area contributed by atoms with E-state index in [1.165, 1.54) is 0 Å². The molecule has 0 bridgehead atoms. The van der Waals surface area contributed by atoms with Gasteiger partial charge in [-0.1, -0.05) is 0 Å². The largest absolute Gasteiger partial charge is 0.464 e. The van der Waals surface area contributed by atoms with Crippen molar-refractivity contribution in [3.8, 4) is 0 Å². The highest BCUT2D eigenvalue weighted by molar-refractivity contribution is 5.81. The second-order valence-corrected chi connectivity index (χ2v) is 4.96. The number of nitrogens with zero attached hydrogens (tertiary/aromatic N) is 1. The average Bonchev–Trinajstić information content (AvgIpc) is 2.86. The summed E-state index contributed by atoms with van der Waals surface area (Å²) in [5.74, 6) is 1.58. The Labute approximate surface area is 112 Å². The standard InChI is InChI=1S/C13H19N3O3/c1-8-4-5-11(19-8)9(2)14-13(18)15-10-6-12(17)16(3)7-10/h4-5,9-10H,6-7H2,1-3H3,(H2,14,15,18). The third kappa shape index (κ3) is 3.27. The molecule has 2 atom stereocenters. The van der Waals surface area contributed by atoms with E-state index in [9.17, 15) is 9.59 Å². The lowest BCUT2D eigenvalue weighted by Crippen LogP contribution is -2.43. The number of carbonyl (C=O) groups excluding carboxylic acids is 2. The molecule has 6 nitrogen and oxygen atoms in total. The highest BCUT2D eigenvalue weighted by atomic mass is 16.3. The quantitative estimate of drug-likeness (QED) is 0.861. The average molecular weight is 265 g/mol. The first-order valence-corrected chi connectivity index (χ1v) is 6.33. The van der Waals surface area contributed by atoms with Gasteiger partial charge in [-0.25, -0.2) is 4.79 Å². The Balaban J connectivity index is 1.83. The SMILES string of the molecule is Cc1ccc(C(C)NC(=O)NC2CC(=O)N(C)C2)o1. The third-order valence-electron chi connectivity index (χ3n) is 3.21. The zero-order valence-corrected chi connectivity index (χ0v) is 11.4. The topological polar surface area (TPSA) is 74.6 Å². The zero-order chi connectivity index (χ0) is 14.0. The molecule has 1 aromatic heterocycles. The molecule has 104 valence electrons. The molecule has 1 aliphatic heterocycles. The van der Waals surface area contributed by atoms with Gasteiger partial charge >= 0.3 is 6.03 Å². The third-order valence-corrected chi connectivity index (χ3v) is 3.21. The first kappa shape index (κ1) is 13.5. The van der Waals surface area contributed by atoms with Crippen LogP contribution in [-0.2, 0) is 4.79 Å². The summed E-state index contributed by atoms with van der Waals surface area (Å²) in [5.41, 5.74) is 0. The van der Waals surface area contributed by atoms with Crippen LogP contribution >= 0.6 is 0 Å². The van der Waals surface area contributed by atoms with Crippen molar-refractivity contribution in [2.75, 3.05) is 13.6 Å². The summed E-state index contributed by atoms with van der Waals surface area (Å²) in [6, 6.07) is 3.09. The van der Waals surface area contributed by atoms with Crippen LogP contribution in [0, 0.1) is 6.92 Å². The molecule has 2 rings (SSSR count). The summed E-state index contributed by atoms with van der Waals surface area (Å²) in [6.07, 6.45) is 0.359. The molecule has 0 saturated carbocycles. The Bertz CT molecular complexity index is 483. The van der Waals surface area contributed by atoms with Gasteiger partial charge in [0, 0.05) is 20.0 Å². The van der Waals surface area contributed by atoms with Gasteiger partial charge in [0.1, 0.15) is 11.5 Å². The van der Waals surface area contributed by atoms with Gasteiger partial charge in [0.05, 0.1) is 12.1 Å². The van der Waals surface area contributed by atoms with E-state index in [0.29, 0.717) is 18.7 Å². The molecule has 1 aromatic rings. The van der Waals surface area contributed by atoms with Gasteiger partial charge in [-0.05, 0) is 26.0 Å². The highest BCUT2D eigenvalue weighted by Crippen LogP contribution is 2.15. The molecule has 3 amide bonds.